The van der Waals surface area contributed by atoms with Crippen LogP contribution in [0.3, 0.4) is 0 Å². The quantitative estimate of drug-likeness (QED) is 0.693. The number of nitrogens with one attached hydrogen (secondary N) is 1. The number of carbonyl (C=O) groups excluding carboxylic acids is 2. The van der Waals surface area contributed by atoms with Gasteiger partial charge < -0.3 is 19.7 Å². The first kappa shape index (κ1) is 24.3. The van der Waals surface area contributed by atoms with Crippen molar-refractivity contribution in [3.8, 4) is 11.8 Å². The van der Waals surface area contributed by atoms with Crippen LogP contribution >= 0.6 is 0 Å². The van der Waals surface area contributed by atoms with Crippen molar-refractivity contribution in [2.45, 2.75) is 45.6 Å². The van der Waals surface area contributed by atoms with Gasteiger partial charge in [0.2, 0.25) is 11.8 Å². The maximum atomic E-state index is 14.3. The molecule has 0 bridgehead atoms. The van der Waals surface area contributed by atoms with E-state index in [0.29, 0.717) is 25.9 Å². The predicted molar refractivity (Wildman–Crippen MR) is 125 cm³/mol. The Morgan fingerprint density at radius 1 is 1.15 bits per heavy atom. The Bertz CT molecular complexity index is 1010. The molecule has 1 aliphatic heterocycles. The van der Waals surface area contributed by atoms with E-state index in [4.69, 9.17) is 9.47 Å². The average Bonchev–Trinajstić information content (AvgIpc) is 2.80. The van der Waals surface area contributed by atoms with Gasteiger partial charge in [-0.1, -0.05) is 32.0 Å². The van der Waals surface area contributed by atoms with E-state index in [1.807, 2.05) is 24.3 Å². The lowest BCUT2D eigenvalue weighted by Crippen LogP contribution is -2.50. The standard InChI is InChI=1S/C24H31FN4O4/c1-15(2)18-8-6-7-9-21(18)29(17-10-12-28(13-11-17)16(3)30)24(31)26-20-14-19(25)22(32-4)27-23(20)33-5/h6-9,14-15,17H,10-13H2,1-5H3,(H,26,31). The highest BCUT2D eigenvalue weighted by atomic mass is 19.1. The van der Waals surface area contributed by atoms with Crippen LogP contribution in [0, 0.1) is 5.82 Å². The molecule has 0 aliphatic carbocycles. The Morgan fingerprint density at radius 3 is 2.36 bits per heavy atom. The normalized spacial score (nSPS) is 14.2. The van der Waals surface area contributed by atoms with Gasteiger partial charge in [-0.2, -0.15) is 4.98 Å². The van der Waals surface area contributed by atoms with Gasteiger partial charge in [-0.25, -0.2) is 9.18 Å². The van der Waals surface area contributed by atoms with Gasteiger partial charge in [0.25, 0.3) is 5.88 Å². The van der Waals surface area contributed by atoms with Crippen molar-refractivity contribution in [2.75, 3.05) is 37.5 Å². The number of methoxy groups -OCH3 is 2. The minimum atomic E-state index is -0.711. The third-order valence-corrected chi connectivity index (χ3v) is 5.85. The van der Waals surface area contributed by atoms with Crippen LogP contribution < -0.4 is 19.7 Å². The first-order chi connectivity index (χ1) is 15.8. The molecular formula is C24H31FN4O4. The van der Waals surface area contributed by atoms with Gasteiger partial charge in [0.05, 0.1) is 14.2 Å². The molecule has 3 amide bonds. The minimum absolute atomic E-state index is 0.0246. The van der Waals surface area contributed by atoms with E-state index in [1.54, 1.807) is 16.7 Å². The summed E-state index contributed by atoms with van der Waals surface area (Å²) in [6, 6.07) is 8.32. The summed E-state index contributed by atoms with van der Waals surface area (Å²) in [5.41, 5.74) is 1.91. The molecule has 0 spiro atoms. The van der Waals surface area contributed by atoms with Crippen LogP contribution in [0.1, 0.15) is 45.1 Å². The zero-order valence-corrected chi connectivity index (χ0v) is 19.7. The maximum absolute atomic E-state index is 14.3. The largest absolute Gasteiger partial charge is 0.479 e. The second kappa shape index (κ2) is 10.5. The number of aromatic nitrogens is 1. The average molecular weight is 459 g/mol. The third kappa shape index (κ3) is 5.35. The molecule has 1 aromatic heterocycles. The van der Waals surface area contributed by atoms with Gasteiger partial charge in [0, 0.05) is 37.8 Å². The number of benzene rings is 1. The summed E-state index contributed by atoms with van der Waals surface area (Å²) in [6.45, 7) is 6.82. The second-order valence-electron chi connectivity index (χ2n) is 8.29. The van der Waals surface area contributed by atoms with E-state index in [1.165, 1.54) is 14.2 Å². The Morgan fingerprint density at radius 2 is 1.79 bits per heavy atom. The molecule has 0 atom stereocenters. The summed E-state index contributed by atoms with van der Waals surface area (Å²) in [5.74, 6) is -0.675. The van der Waals surface area contributed by atoms with Crippen molar-refractivity contribution >= 4 is 23.3 Å². The molecule has 1 N–H and O–H groups in total. The van der Waals surface area contributed by atoms with Gasteiger partial charge in [-0.15, -0.1) is 0 Å². The highest BCUT2D eigenvalue weighted by molar-refractivity contribution is 6.03. The topological polar surface area (TPSA) is 84.0 Å². The smallest absolute Gasteiger partial charge is 0.326 e. The number of likely N-dealkylation sites (tertiary alicyclic amines) is 1. The molecule has 33 heavy (non-hydrogen) atoms. The number of urea groups is 1. The number of piperidine rings is 1. The molecule has 1 saturated heterocycles. The third-order valence-electron chi connectivity index (χ3n) is 5.85. The van der Waals surface area contributed by atoms with Gasteiger partial charge >= 0.3 is 6.03 Å². The number of carbonyl (C=O) groups is 2. The van der Waals surface area contributed by atoms with E-state index in [2.05, 4.69) is 24.1 Å². The lowest BCUT2D eigenvalue weighted by Gasteiger charge is -2.39. The molecule has 178 valence electrons. The van der Waals surface area contributed by atoms with Crippen LogP contribution in [0.25, 0.3) is 0 Å². The Kier molecular flexibility index (Phi) is 7.73. The van der Waals surface area contributed by atoms with E-state index in [-0.39, 0.29) is 35.3 Å². The molecule has 1 aliphatic rings. The molecule has 0 radical (unpaired) electrons. The molecule has 3 rings (SSSR count). The van der Waals surface area contributed by atoms with E-state index in [0.717, 1.165) is 17.3 Å². The number of pyridine rings is 1. The van der Waals surface area contributed by atoms with E-state index in [9.17, 15) is 14.0 Å². The van der Waals surface area contributed by atoms with Crippen LogP contribution in [0.4, 0.5) is 20.6 Å². The summed E-state index contributed by atoms with van der Waals surface area (Å²) in [4.78, 5) is 32.9. The summed E-state index contributed by atoms with van der Waals surface area (Å²) in [6.07, 6.45) is 1.26. The number of hydrogen-bond donors (Lipinski definition) is 1. The van der Waals surface area contributed by atoms with Crippen molar-refractivity contribution in [1.29, 1.82) is 0 Å². The fraction of sp³-hybridized carbons (Fsp3) is 0.458. The molecule has 0 saturated carbocycles. The van der Waals surface area contributed by atoms with Crippen molar-refractivity contribution in [1.82, 2.24) is 9.88 Å². The highest BCUT2D eigenvalue weighted by Crippen LogP contribution is 2.34. The summed E-state index contributed by atoms with van der Waals surface area (Å²) in [5, 5.41) is 2.77. The van der Waals surface area contributed by atoms with E-state index >= 15 is 0 Å². The number of nitrogens with zero attached hydrogens (tertiary/aromatic N) is 3. The van der Waals surface area contributed by atoms with Gasteiger partial charge in [-0.3, -0.25) is 9.69 Å². The number of amides is 3. The van der Waals surface area contributed by atoms with Crippen LogP contribution in [-0.2, 0) is 4.79 Å². The number of anilines is 2. The molecule has 8 nitrogen and oxygen atoms in total. The maximum Gasteiger partial charge on any atom is 0.326 e. The van der Waals surface area contributed by atoms with Crippen molar-refractivity contribution < 1.29 is 23.5 Å². The molecule has 9 heteroatoms. The van der Waals surface area contributed by atoms with Crippen LogP contribution in [0.15, 0.2) is 30.3 Å². The van der Waals surface area contributed by atoms with Gasteiger partial charge in [0.15, 0.2) is 5.82 Å². The van der Waals surface area contributed by atoms with Crippen molar-refractivity contribution in [3.05, 3.63) is 41.7 Å². The predicted octanol–water partition coefficient (Wildman–Crippen LogP) is 4.41. The molecule has 2 heterocycles. The molecule has 1 fully saturated rings. The molecule has 0 unspecified atom stereocenters. The monoisotopic (exact) mass is 458 g/mol. The van der Waals surface area contributed by atoms with E-state index < -0.39 is 11.8 Å². The number of ether oxygens (including phenoxy) is 2. The van der Waals surface area contributed by atoms with Crippen LogP contribution in [-0.4, -0.2) is 55.2 Å². The first-order valence-corrected chi connectivity index (χ1v) is 11.0. The van der Waals surface area contributed by atoms with Crippen LogP contribution in [0.2, 0.25) is 0 Å². The number of para-hydroxylation sites is 1. The number of halogens is 1. The summed E-state index contributed by atoms with van der Waals surface area (Å²) < 4.78 is 24.5. The zero-order valence-electron chi connectivity index (χ0n) is 19.7. The number of rotatable bonds is 6. The Labute approximate surface area is 193 Å². The molecular weight excluding hydrogens is 427 g/mol. The summed E-state index contributed by atoms with van der Waals surface area (Å²) in [7, 11) is 2.69. The van der Waals surface area contributed by atoms with Crippen LogP contribution in [0.5, 0.6) is 11.8 Å². The lowest BCUT2D eigenvalue weighted by atomic mass is 9.97. The Balaban J connectivity index is 1.97. The SMILES string of the molecule is COc1nc(OC)c(NC(=O)N(c2ccccc2C(C)C)C2CCN(C(C)=O)CC2)cc1F. The fourth-order valence-electron chi connectivity index (χ4n) is 4.13. The lowest BCUT2D eigenvalue weighted by molar-refractivity contribution is -0.129. The van der Waals surface area contributed by atoms with Crippen molar-refractivity contribution in [3.63, 3.8) is 0 Å². The zero-order chi connectivity index (χ0) is 24.1. The minimum Gasteiger partial charge on any atom is -0.479 e. The number of hydrogen-bond acceptors (Lipinski definition) is 5. The summed E-state index contributed by atoms with van der Waals surface area (Å²) >= 11 is 0. The second-order valence-corrected chi connectivity index (χ2v) is 8.29. The van der Waals surface area contributed by atoms with Crippen molar-refractivity contribution in [2.24, 2.45) is 0 Å². The first-order valence-electron chi connectivity index (χ1n) is 11.0. The van der Waals surface area contributed by atoms with Gasteiger partial charge in [-0.05, 0) is 30.4 Å². The highest BCUT2D eigenvalue weighted by Gasteiger charge is 2.32. The molecule has 2 aromatic rings. The molecule has 1 aromatic carbocycles. The fourth-order valence-corrected chi connectivity index (χ4v) is 4.13. The Hall–Kier alpha value is -3.36. The van der Waals surface area contributed by atoms with Gasteiger partial charge in [0.1, 0.15) is 5.69 Å².